The van der Waals surface area contributed by atoms with Crippen molar-refractivity contribution in [2.45, 2.75) is 5.41 Å². The second kappa shape index (κ2) is 16.5. The summed E-state index contributed by atoms with van der Waals surface area (Å²) in [5.41, 5.74) is 28.2. The largest absolute Gasteiger partial charge is 0.311 e. The zero-order valence-corrected chi connectivity index (χ0v) is 42.6. The summed E-state index contributed by atoms with van der Waals surface area (Å²) in [6.07, 6.45) is 0. The molecule has 13 aromatic carbocycles. The van der Waals surface area contributed by atoms with E-state index in [1.165, 1.54) is 139 Å². The molecule has 0 unspecified atom stereocenters. The van der Waals surface area contributed by atoms with Gasteiger partial charge in [0.05, 0.1) is 5.41 Å². The van der Waals surface area contributed by atoms with E-state index in [1.807, 2.05) is 0 Å². The molecule has 0 atom stereocenters. The molecule has 3 heteroatoms. The Balaban J connectivity index is 0.977. The van der Waals surface area contributed by atoms with E-state index in [1.54, 1.807) is 0 Å². The van der Waals surface area contributed by atoms with Crippen molar-refractivity contribution >= 4 is 78.8 Å². The summed E-state index contributed by atoms with van der Waals surface area (Å²) >= 11 is 0. The van der Waals surface area contributed by atoms with Crippen LogP contribution in [-0.2, 0) is 5.41 Å². The Kier molecular flexibility index (Phi) is 9.17. The SMILES string of the molecule is c1ccc(-c2ccc(N3c4cc(-c5ccc6c(c5)C5(c7ccccc7-c7ccccc75)c5ccccc5-6)cc5c4B(c4ccc6ccccc6c43)c3ccc4ccccc4c3N5c3ccc(-c4ccccc4)cc3)cc2)cc1. The van der Waals surface area contributed by atoms with Crippen molar-refractivity contribution in [2.75, 3.05) is 9.80 Å². The molecule has 0 N–H and O–H groups in total. The van der Waals surface area contributed by atoms with Crippen molar-refractivity contribution in [1.29, 1.82) is 0 Å². The Morgan fingerprint density at radius 1 is 0.269 bits per heavy atom. The molecule has 0 saturated heterocycles. The highest BCUT2D eigenvalue weighted by molar-refractivity contribution is 7.00. The maximum absolute atomic E-state index is 2.60. The van der Waals surface area contributed by atoms with E-state index in [0.29, 0.717) is 0 Å². The summed E-state index contributed by atoms with van der Waals surface area (Å²) in [6, 6.07) is 107. The Morgan fingerprint density at radius 3 is 1.13 bits per heavy atom. The Morgan fingerprint density at radius 2 is 0.654 bits per heavy atom. The Bertz CT molecular complexity index is 4360. The molecule has 13 aromatic rings. The molecule has 2 aliphatic heterocycles. The molecular weight excluding hydrogens is 940 g/mol. The van der Waals surface area contributed by atoms with Gasteiger partial charge in [0.1, 0.15) is 0 Å². The number of benzene rings is 13. The van der Waals surface area contributed by atoms with Crippen molar-refractivity contribution in [3.05, 3.63) is 307 Å². The quantitative estimate of drug-likeness (QED) is 0.159. The van der Waals surface area contributed by atoms with Gasteiger partial charge in [-0.25, -0.2) is 0 Å². The lowest BCUT2D eigenvalue weighted by atomic mass is 9.33. The second-order valence-electron chi connectivity index (χ2n) is 21.5. The van der Waals surface area contributed by atoms with Crippen LogP contribution in [0.25, 0.3) is 77.2 Å². The van der Waals surface area contributed by atoms with E-state index in [0.717, 1.165) is 11.4 Å². The molecule has 2 nitrogen and oxygen atoms in total. The van der Waals surface area contributed by atoms with Crippen LogP contribution in [0, 0.1) is 0 Å². The number of rotatable bonds is 5. The third-order valence-electron chi connectivity index (χ3n) is 17.6. The molecule has 0 aromatic heterocycles. The van der Waals surface area contributed by atoms with Gasteiger partial charge in [0.15, 0.2) is 0 Å². The molecule has 0 bridgehead atoms. The molecule has 4 aliphatic rings. The normalized spacial score (nSPS) is 13.7. The predicted octanol–water partition coefficient (Wildman–Crippen LogP) is 17.4. The fourth-order valence-electron chi connectivity index (χ4n) is 14.4. The molecular formula is C75H47BN2. The highest BCUT2D eigenvalue weighted by Gasteiger charge is 2.52. The highest BCUT2D eigenvalue weighted by Crippen LogP contribution is 2.63. The minimum atomic E-state index is -0.475. The molecule has 360 valence electrons. The van der Waals surface area contributed by atoms with Gasteiger partial charge in [-0.2, -0.15) is 0 Å². The van der Waals surface area contributed by atoms with Crippen LogP contribution in [0.5, 0.6) is 0 Å². The van der Waals surface area contributed by atoms with Gasteiger partial charge >= 0.3 is 0 Å². The van der Waals surface area contributed by atoms with Crippen LogP contribution in [0.1, 0.15) is 22.3 Å². The summed E-state index contributed by atoms with van der Waals surface area (Å²) in [5.74, 6) is 0. The molecule has 0 saturated carbocycles. The topological polar surface area (TPSA) is 6.48 Å². The first-order chi connectivity index (χ1) is 38.7. The van der Waals surface area contributed by atoms with Crippen LogP contribution in [0.2, 0.25) is 0 Å². The van der Waals surface area contributed by atoms with E-state index in [-0.39, 0.29) is 6.71 Å². The van der Waals surface area contributed by atoms with Gasteiger partial charge in [0.2, 0.25) is 0 Å². The van der Waals surface area contributed by atoms with Gasteiger partial charge in [0, 0.05) is 44.9 Å². The van der Waals surface area contributed by atoms with E-state index in [9.17, 15) is 0 Å². The fourth-order valence-corrected chi connectivity index (χ4v) is 14.4. The van der Waals surface area contributed by atoms with Crippen molar-refractivity contribution in [3.8, 4) is 55.6 Å². The van der Waals surface area contributed by atoms with Gasteiger partial charge in [-0.05, 0) is 148 Å². The fraction of sp³-hybridized carbons (Fsp3) is 0.0133. The average Bonchev–Trinajstić information content (AvgIpc) is 3.58. The number of anilines is 6. The van der Waals surface area contributed by atoms with Crippen LogP contribution < -0.4 is 26.2 Å². The first-order valence-corrected chi connectivity index (χ1v) is 27.3. The second-order valence-corrected chi connectivity index (χ2v) is 21.5. The third-order valence-corrected chi connectivity index (χ3v) is 17.6. The lowest BCUT2D eigenvalue weighted by Gasteiger charge is -2.45. The molecule has 2 heterocycles. The van der Waals surface area contributed by atoms with Crippen LogP contribution >= 0.6 is 0 Å². The monoisotopic (exact) mass is 986 g/mol. The number of hydrogen-bond donors (Lipinski definition) is 0. The first-order valence-electron chi connectivity index (χ1n) is 27.3. The maximum atomic E-state index is 2.60. The van der Waals surface area contributed by atoms with Gasteiger partial charge < -0.3 is 9.80 Å². The van der Waals surface area contributed by atoms with Gasteiger partial charge in [0.25, 0.3) is 6.71 Å². The first kappa shape index (κ1) is 43.3. The van der Waals surface area contributed by atoms with Crippen molar-refractivity contribution < 1.29 is 0 Å². The van der Waals surface area contributed by atoms with E-state index >= 15 is 0 Å². The molecule has 17 rings (SSSR count). The summed E-state index contributed by atoms with van der Waals surface area (Å²) in [5, 5.41) is 4.91. The minimum Gasteiger partial charge on any atom is -0.311 e. The number of fused-ring (bicyclic) bond motifs is 18. The zero-order chi connectivity index (χ0) is 51.1. The van der Waals surface area contributed by atoms with Crippen molar-refractivity contribution in [2.24, 2.45) is 0 Å². The molecule has 78 heavy (non-hydrogen) atoms. The third kappa shape index (κ3) is 5.99. The molecule has 1 spiro atoms. The number of nitrogens with zero attached hydrogens (tertiary/aromatic N) is 2. The van der Waals surface area contributed by atoms with Crippen LogP contribution in [0.4, 0.5) is 34.1 Å². The highest BCUT2D eigenvalue weighted by atomic mass is 15.2. The van der Waals surface area contributed by atoms with E-state index in [2.05, 4.69) is 295 Å². The minimum absolute atomic E-state index is 0.0628. The lowest BCUT2D eigenvalue weighted by Crippen LogP contribution is -2.61. The summed E-state index contributed by atoms with van der Waals surface area (Å²) < 4.78 is 0. The molecule has 0 amide bonds. The van der Waals surface area contributed by atoms with Gasteiger partial charge in [-0.3, -0.25) is 0 Å². The van der Waals surface area contributed by atoms with Crippen molar-refractivity contribution in [3.63, 3.8) is 0 Å². The lowest BCUT2D eigenvalue weighted by molar-refractivity contribution is 0.794. The standard InChI is InChI=1S/C75H47BN2/c1-3-17-48(18-4-1)50-31-38-56(39-32-50)77-70-46-55(54-35-42-63-62-27-13-16-30-66(62)75(67(63)45-54)64-28-14-11-25-60(64)61-26-12-15-29-65(61)75)47-71-72(70)76(68-43-36-52-21-7-9-23-58(52)73(68)77)69-44-37-53-22-8-10-24-59(53)74(69)78(71)57-40-33-51(34-41-57)49-19-5-2-6-20-49/h1-47H. The zero-order valence-electron chi connectivity index (χ0n) is 42.6. The average molecular weight is 987 g/mol. The summed E-state index contributed by atoms with van der Waals surface area (Å²) in [7, 11) is 0. The predicted molar refractivity (Wildman–Crippen MR) is 328 cm³/mol. The van der Waals surface area contributed by atoms with Crippen LogP contribution in [-0.4, -0.2) is 6.71 Å². The van der Waals surface area contributed by atoms with Crippen molar-refractivity contribution in [1.82, 2.24) is 0 Å². The van der Waals surface area contributed by atoms with Gasteiger partial charge in [-0.15, -0.1) is 0 Å². The molecule has 2 aliphatic carbocycles. The van der Waals surface area contributed by atoms with Gasteiger partial charge in [-0.1, -0.05) is 243 Å². The van der Waals surface area contributed by atoms with Crippen LogP contribution in [0.15, 0.2) is 285 Å². The molecule has 0 radical (unpaired) electrons. The molecule has 0 fully saturated rings. The summed E-state index contributed by atoms with van der Waals surface area (Å²) in [6.45, 7) is -0.0628. The Labute approximate surface area is 454 Å². The maximum Gasteiger partial charge on any atom is 0.252 e. The number of hydrogen-bond acceptors (Lipinski definition) is 2. The van der Waals surface area contributed by atoms with E-state index in [4.69, 9.17) is 0 Å². The van der Waals surface area contributed by atoms with Crippen LogP contribution in [0.3, 0.4) is 0 Å². The Hall–Kier alpha value is -9.96. The summed E-state index contributed by atoms with van der Waals surface area (Å²) in [4.78, 5) is 5.20. The van der Waals surface area contributed by atoms with E-state index < -0.39 is 5.41 Å². The smallest absolute Gasteiger partial charge is 0.252 e.